The molecular weight excluding hydrogens is 332 g/mol. The summed E-state index contributed by atoms with van der Waals surface area (Å²) in [6.07, 6.45) is 5.56. The molecule has 0 bridgehead atoms. The van der Waals surface area contributed by atoms with Gasteiger partial charge in [0.25, 0.3) is 0 Å². The Morgan fingerprint density at radius 2 is 2.12 bits per heavy atom. The van der Waals surface area contributed by atoms with Crippen molar-refractivity contribution in [1.29, 1.82) is 0 Å². The van der Waals surface area contributed by atoms with Crippen molar-refractivity contribution in [2.75, 3.05) is 19.3 Å². The molecule has 2 atom stereocenters. The van der Waals surface area contributed by atoms with Gasteiger partial charge in [0, 0.05) is 19.0 Å². The number of aliphatic hydroxyl groups is 1. The summed E-state index contributed by atoms with van der Waals surface area (Å²) in [7, 11) is 2.04. The van der Waals surface area contributed by atoms with Crippen LogP contribution in [0, 0.1) is 0 Å². The van der Waals surface area contributed by atoms with E-state index in [1.807, 2.05) is 19.5 Å². The van der Waals surface area contributed by atoms with Crippen LogP contribution in [-0.4, -0.2) is 40.1 Å². The minimum atomic E-state index is -0.389. The van der Waals surface area contributed by atoms with E-state index in [-0.39, 0.29) is 17.6 Å². The maximum absolute atomic E-state index is 11.3. The number of nitrogens with one attached hydrogen (secondary N) is 2. The first-order valence-corrected chi connectivity index (χ1v) is 10.2. The van der Waals surface area contributed by atoms with Crippen LogP contribution in [0.3, 0.4) is 0 Å². The van der Waals surface area contributed by atoms with Crippen molar-refractivity contribution in [3.05, 3.63) is 47.3 Å². The lowest BCUT2D eigenvalue weighted by molar-refractivity contribution is 0.0437. The van der Waals surface area contributed by atoms with Crippen LogP contribution in [0.2, 0.25) is 0 Å². The second kappa shape index (κ2) is 6.76. The molecule has 0 radical (unpaired) electrons. The van der Waals surface area contributed by atoms with Crippen molar-refractivity contribution in [1.82, 2.24) is 20.2 Å². The van der Waals surface area contributed by atoms with E-state index in [1.165, 1.54) is 11.1 Å². The van der Waals surface area contributed by atoms with Gasteiger partial charge in [-0.2, -0.15) is 0 Å². The SMILES string of the molecule is CSc1ncc(CN[C@H]2c3ccccc3C3(CCNCC3)[C@@H]2O)n1C. The minimum Gasteiger partial charge on any atom is -0.390 e. The second-order valence-corrected chi connectivity index (χ2v) is 7.87. The van der Waals surface area contributed by atoms with Crippen LogP contribution < -0.4 is 10.6 Å². The first kappa shape index (κ1) is 17.1. The molecule has 4 rings (SSSR count). The van der Waals surface area contributed by atoms with Crippen LogP contribution in [0.1, 0.15) is 35.7 Å². The van der Waals surface area contributed by atoms with E-state index in [2.05, 4.69) is 44.5 Å². The number of nitrogens with zero attached hydrogens (tertiary/aromatic N) is 2. The van der Waals surface area contributed by atoms with Gasteiger partial charge in [-0.05, 0) is 43.3 Å². The number of aromatic nitrogens is 2. The van der Waals surface area contributed by atoms with Crippen LogP contribution in [0.5, 0.6) is 0 Å². The Morgan fingerprint density at radius 1 is 1.36 bits per heavy atom. The van der Waals surface area contributed by atoms with Gasteiger partial charge in [0.1, 0.15) is 0 Å². The predicted octanol–water partition coefficient (Wildman–Crippen LogP) is 1.97. The van der Waals surface area contributed by atoms with E-state index in [0.717, 1.165) is 36.8 Å². The highest BCUT2D eigenvalue weighted by molar-refractivity contribution is 7.98. The van der Waals surface area contributed by atoms with Gasteiger partial charge in [0.05, 0.1) is 24.0 Å². The number of rotatable bonds is 4. The molecule has 1 aliphatic heterocycles. The lowest BCUT2D eigenvalue weighted by Crippen LogP contribution is -2.48. The van der Waals surface area contributed by atoms with Gasteiger partial charge in [-0.15, -0.1) is 0 Å². The number of thioether (sulfide) groups is 1. The fourth-order valence-corrected chi connectivity index (χ4v) is 5.07. The highest BCUT2D eigenvalue weighted by Crippen LogP contribution is 2.50. The van der Waals surface area contributed by atoms with Crippen molar-refractivity contribution in [3.8, 4) is 0 Å². The number of piperidine rings is 1. The lowest BCUT2D eigenvalue weighted by Gasteiger charge is -2.39. The molecule has 1 aromatic heterocycles. The topological polar surface area (TPSA) is 62.1 Å². The molecule has 2 heterocycles. The third kappa shape index (κ3) is 2.72. The van der Waals surface area contributed by atoms with Gasteiger partial charge in [-0.25, -0.2) is 4.98 Å². The summed E-state index contributed by atoms with van der Waals surface area (Å²) >= 11 is 1.65. The molecule has 25 heavy (non-hydrogen) atoms. The fraction of sp³-hybridized carbons (Fsp3) is 0.526. The summed E-state index contributed by atoms with van der Waals surface area (Å²) in [5.74, 6) is 0. The third-order valence-corrected chi connectivity index (χ3v) is 6.68. The molecule has 2 aliphatic rings. The Balaban J connectivity index is 1.60. The quantitative estimate of drug-likeness (QED) is 0.730. The predicted molar refractivity (Wildman–Crippen MR) is 101 cm³/mol. The summed E-state index contributed by atoms with van der Waals surface area (Å²) in [6.45, 7) is 2.64. The molecule has 134 valence electrons. The van der Waals surface area contributed by atoms with Crippen molar-refractivity contribution in [2.45, 2.75) is 42.1 Å². The molecule has 3 N–H and O–H groups in total. The Kier molecular flexibility index (Phi) is 4.62. The molecule has 0 unspecified atom stereocenters. The van der Waals surface area contributed by atoms with Crippen LogP contribution >= 0.6 is 11.8 Å². The van der Waals surface area contributed by atoms with Gasteiger partial charge in [0.15, 0.2) is 5.16 Å². The smallest absolute Gasteiger partial charge is 0.167 e. The first-order valence-electron chi connectivity index (χ1n) is 8.93. The fourth-order valence-electron chi connectivity index (χ4n) is 4.52. The van der Waals surface area contributed by atoms with Crippen LogP contribution in [-0.2, 0) is 19.0 Å². The van der Waals surface area contributed by atoms with E-state index in [9.17, 15) is 5.11 Å². The molecule has 6 heteroatoms. The van der Waals surface area contributed by atoms with Crippen molar-refractivity contribution in [2.24, 2.45) is 7.05 Å². The maximum atomic E-state index is 11.3. The molecule has 1 aromatic carbocycles. The maximum Gasteiger partial charge on any atom is 0.167 e. The summed E-state index contributed by atoms with van der Waals surface area (Å²) in [5.41, 5.74) is 3.61. The van der Waals surface area contributed by atoms with E-state index in [1.54, 1.807) is 11.8 Å². The number of aliphatic hydroxyl groups excluding tert-OH is 1. The second-order valence-electron chi connectivity index (χ2n) is 7.09. The first-order chi connectivity index (χ1) is 12.2. The summed E-state index contributed by atoms with van der Waals surface area (Å²) in [5, 5.41) is 19.3. The van der Waals surface area contributed by atoms with Crippen molar-refractivity contribution < 1.29 is 5.11 Å². The molecule has 2 aromatic rings. The zero-order valence-electron chi connectivity index (χ0n) is 14.8. The molecule has 1 saturated heterocycles. The highest BCUT2D eigenvalue weighted by Gasteiger charge is 2.51. The summed E-state index contributed by atoms with van der Waals surface area (Å²) in [4.78, 5) is 4.44. The van der Waals surface area contributed by atoms with Gasteiger partial charge in [-0.1, -0.05) is 36.0 Å². The van der Waals surface area contributed by atoms with E-state index in [4.69, 9.17) is 0 Å². The molecule has 1 fully saturated rings. The highest BCUT2D eigenvalue weighted by atomic mass is 32.2. The standard InChI is InChI=1S/C19H26N4OS/c1-23-13(12-22-18(23)25-2)11-21-16-14-5-3-4-6-15(14)19(17(16)24)7-9-20-10-8-19/h3-6,12,16-17,20-21,24H,7-11H2,1-2H3/t16-,17+/m0/s1. The van der Waals surface area contributed by atoms with Crippen LogP contribution in [0.4, 0.5) is 0 Å². The number of benzene rings is 1. The van der Waals surface area contributed by atoms with Gasteiger partial charge >= 0.3 is 0 Å². The number of fused-ring (bicyclic) bond motifs is 2. The van der Waals surface area contributed by atoms with Crippen molar-refractivity contribution in [3.63, 3.8) is 0 Å². The molecule has 0 saturated carbocycles. The molecule has 0 amide bonds. The van der Waals surface area contributed by atoms with Crippen molar-refractivity contribution >= 4 is 11.8 Å². The van der Waals surface area contributed by atoms with Gasteiger partial charge in [-0.3, -0.25) is 0 Å². The number of hydrogen-bond acceptors (Lipinski definition) is 5. The van der Waals surface area contributed by atoms with Crippen LogP contribution in [0.15, 0.2) is 35.6 Å². The van der Waals surface area contributed by atoms with E-state index >= 15 is 0 Å². The average molecular weight is 359 g/mol. The Bertz CT molecular complexity index is 754. The van der Waals surface area contributed by atoms with Gasteiger partial charge in [0.2, 0.25) is 0 Å². The van der Waals surface area contributed by atoms with Crippen LogP contribution in [0.25, 0.3) is 0 Å². The summed E-state index contributed by atoms with van der Waals surface area (Å²) in [6, 6.07) is 8.53. The Labute approximate surface area is 153 Å². The molecular formula is C19H26N4OS. The zero-order chi connectivity index (χ0) is 17.4. The van der Waals surface area contributed by atoms with E-state index < -0.39 is 0 Å². The minimum absolute atomic E-state index is 0.0260. The number of imidazole rings is 1. The lowest BCUT2D eigenvalue weighted by atomic mass is 9.72. The molecule has 1 aliphatic carbocycles. The normalized spacial score (nSPS) is 24.6. The third-order valence-electron chi connectivity index (χ3n) is 5.94. The largest absolute Gasteiger partial charge is 0.390 e. The Hall–Kier alpha value is -1.34. The Morgan fingerprint density at radius 3 is 2.84 bits per heavy atom. The number of hydrogen-bond donors (Lipinski definition) is 3. The monoisotopic (exact) mass is 358 g/mol. The van der Waals surface area contributed by atoms with E-state index in [0.29, 0.717) is 6.54 Å². The average Bonchev–Trinajstić information content (AvgIpc) is 3.11. The van der Waals surface area contributed by atoms with Gasteiger partial charge < -0.3 is 20.3 Å². The summed E-state index contributed by atoms with van der Waals surface area (Å²) < 4.78 is 2.12. The molecule has 1 spiro atoms. The molecule has 5 nitrogen and oxygen atoms in total. The zero-order valence-corrected chi connectivity index (χ0v) is 15.6.